The van der Waals surface area contributed by atoms with Gasteiger partial charge >= 0.3 is 0 Å². The van der Waals surface area contributed by atoms with Gasteiger partial charge in [-0.05, 0) is 63.4 Å². The van der Waals surface area contributed by atoms with Crippen molar-refractivity contribution in [3.63, 3.8) is 0 Å². The predicted octanol–water partition coefficient (Wildman–Crippen LogP) is 4.73. The highest BCUT2D eigenvalue weighted by Gasteiger charge is 2.36. The van der Waals surface area contributed by atoms with Crippen LogP contribution in [0.1, 0.15) is 30.6 Å². The van der Waals surface area contributed by atoms with Gasteiger partial charge in [0.1, 0.15) is 5.75 Å². The Labute approximate surface area is 176 Å². The highest BCUT2D eigenvalue weighted by atomic mass is 35.5. The summed E-state index contributed by atoms with van der Waals surface area (Å²) in [5, 5.41) is 3.44. The Hall–Kier alpha value is -1.50. The van der Waals surface area contributed by atoms with Crippen molar-refractivity contribution in [1.82, 2.24) is 9.88 Å². The molecule has 0 saturated carbocycles. The molecular weight excluding hydrogens is 392 g/mol. The maximum atomic E-state index is 5.92. The molecule has 1 spiro atoms. The van der Waals surface area contributed by atoms with Crippen LogP contribution in [0, 0.1) is 5.41 Å². The Balaban J connectivity index is 1.39. The normalized spacial score (nSPS) is 19.8. The molecule has 5 nitrogen and oxygen atoms in total. The molecule has 0 unspecified atom stereocenters. The molecule has 2 saturated heterocycles. The molecule has 2 aliphatic rings. The summed E-state index contributed by atoms with van der Waals surface area (Å²) in [4.78, 5) is 10.2. The summed E-state index contributed by atoms with van der Waals surface area (Å²) in [7, 11) is 3.98. The Morgan fingerprint density at radius 1 is 1.18 bits per heavy atom. The molecule has 152 valence electrons. The number of halogens is 1. The zero-order valence-corrected chi connectivity index (χ0v) is 18.3. The second kappa shape index (κ2) is 8.47. The Morgan fingerprint density at radius 2 is 1.89 bits per heavy atom. The predicted molar refractivity (Wildman–Crippen MR) is 118 cm³/mol. The molecule has 1 N–H and O–H groups in total. The van der Waals surface area contributed by atoms with Crippen LogP contribution in [0.3, 0.4) is 0 Å². The van der Waals surface area contributed by atoms with E-state index in [1.165, 1.54) is 55.8 Å². The molecule has 28 heavy (non-hydrogen) atoms. The first kappa shape index (κ1) is 19.8. The second-order valence-corrected chi connectivity index (χ2v) is 9.81. The number of benzene rings is 1. The van der Waals surface area contributed by atoms with Gasteiger partial charge in [0.25, 0.3) is 0 Å². The Bertz CT molecular complexity index is 793. The Morgan fingerprint density at radius 3 is 2.54 bits per heavy atom. The minimum atomic E-state index is 0.574. The minimum absolute atomic E-state index is 0.574. The van der Waals surface area contributed by atoms with Crippen molar-refractivity contribution in [3.05, 3.63) is 33.7 Å². The van der Waals surface area contributed by atoms with E-state index in [-0.39, 0.29) is 0 Å². The lowest BCUT2D eigenvalue weighted by Gasteiger charge is -2.47. The highest BCUT2D eigenvalue weighted by Crippen LogP contribution is 2.42. The number of rotatable bonds is 5. The third-order valence-corrected chi connectivity index (χ3v) is 7.52. The number of nitrogens with one attached hydrogen (secondary N) is 1. The van der Waals surface area contributed by atoms with Crippen LogP contribution in [-0.2, 0) is 6.54 Å². The lowest BCUT2D eigenvalue weighted by molar-refractivity contribution is 0.0945. The van der Waals surface area contributed by atoms with Crippen LogP contribution in [0.15, 0.2) is 24.4 Å². The van der Waals surface area contributed by atoms with Gasteiger partial charge in [0.05, 0.1) is 19.3 Å². The molecule has 2 aliphatic heterocycles. The van der Waals surface area contributed by atoms with Crippen molar-refractivity contribution in [2.24, 2.45) is 5.41 Å². The van der Waals surface area contributed by atoms with Crippen molar-refractivity contribution in [3.8, 4) is 5.75 Å². The number of anilines is 2. The minimum Gasteiger partial charge on any atom is -0.495 e. The number of piperidine rings is 2. The molecule has 1 aromatic heterocycles. The number of hydrogen-bond acceptors (Lipinski definition) is 6. The first-order valence-electron chi connectivity index (χ1n) is 10.0. The van der Waals surface area contributed by atoms with Gasteiger partial charge in [-0.2, -0.15) is 0 Å². The van der Waals surface area contributed by atoms with E-state index in [0.717, 1.165) is 29.4 Å². The lowest BCUT2D eigenvalue weighted by Crippen LogP contribution is -2.46. The van der Waals surface area contributed by atoms with Crippen LogP contribution in [-0.4, -0.2) is 50.2 Å². The van der Waals surface area contributed by atoms with Gasteiger partial charge in [0.15, 0.2) is 4.47 Å². The number of methoxy groups -OCH3 is 1. The number of hydrogen-bond donors (Lipinski definition) is 1. The molecule has 0 aliphatic carbocycles. The maximum Gasteiger partial charge on any atom is 0.183 e. The van der Waals surface area contributed by atoms with Crippen molar-refractivity contribution in [2.45, 2.75) is 32.2 Å². The molecule has 0 bridgehead atoms. The van der Waals surface area contributed by atoms with Crippen molar-refractivity contribution in [1.29, 1.82) is 0 Å². The molecule has 1 aromatic carbocycles. The summed E-state index contributed by atoms with van der Waals surface area (Å²) >= 11 is 7.41. The molecule has 2 fully saturated rings. The SMILES string of the molecule is COc1cc(N2CCC3(CCN(C)CC3)CC2)ccc1NCc1cnc(Cl)s1. The molecule has 0 radical (unpaired) electrons. The molecular formula is C21H29ClN4OS. The second-order valence-electron chi connectivity index (χ2n) is 8.11. The van der Waals surface area contributed by atoms with Crippen LogP contribution in [0.5, 0.6) is 5.75 Å². The van der Waals surface area contributed by atoms with E-state index in [2.05, 4.69) is 45.3 Å². The monoisotopic (exact) mass is 420 g/mol. The average molecular weight is 421 g/mol. The summed E-state index contributed by atoms with van der Waals surface area (Å²) in [5.41, 5.74) is 2.83. The van der Waals surface area contributed by atoms with E-state index >= 15 is 0 Å². The van der Waals surface area contributed by atoms with Crippen LogP contribution in [0.4, 0.5) is 11.4 Å². The maximum absolute atomic E-state index is 5.92. The van der Waals surface area contributed by atoms with Gasteiger partial charge in [0.2, 0.25) is 0 Å². The molecule has 3 heterocycles. The van der Waals surface area contributed by atoms with E-state index in [1.807, 2.05) is 6.20 Å². The van der Waals surface area contributed by atoms with E-state index in [0.29, 0.717) is 16.4 Å². The first-order valence-corrected chi connectivity index (χ1v) is 11.2. The fraction of sp³-hybridized carbons (Fsp3) is 0.571. The van der Waals surface area contributed by atoms with Gasteiger partial charge in [0, 0.05) is 35.9 Å². The van der Waals surface area contributed by atoms with Crippen molar-refractivity contribution < 1.29 is 4.74 Å². The van der Waals surface area contributed by atoms with Crippen LogP contribution in [0.2, 0.25) is 4.47 Å². The molecule has 2 aromatic rings. The van der Waals surface area contributed by atoms with Crippen molar-refractivity contribution >= 4 is 34.3 Å². The summed E-state index contributed by atoms with van der Waals surface area (Å²) in [6.45, 7) is 5.47. The summed E-state index contributed by atoms with van der Waals surface area (Å²) in [6, 6.07) is 6.49. The number of nitrogens with zero attached hydrogens (tertiary/aromatic N) is 3. The largest absolute Gasteiger partial charge is 0.495 e. The number of thiazole rings is 1. The van der Waals surface area contributed by atoms with Gasteiger partial charge in [-0.15, -0.1) is 11.3 Å². The fourth-order valence-corrected chi connectivity index (χ4v) is 5.32. The number of likely N-dealkylation sites (tertiary alicyclic amines) is 1. The van der Waals surface area contributed by atoms with E-state index in [1.54, 1.807) is 7.11 Å². The Kier molecular flexibility index (Phi) is 5.99. The van der Waals surface area contributed by atoms with Gasteiger partial charge in [-0.1, -0.05) is 11.6 Å². The fourth-order valence-electron chi connectivity index (χ4n) is 4.40. The topological polar surface area (TPSA) is 40.6 Å². The number of ether oxygens (including phenoxy) is 1. The zero-order chi connectivity index (χ0) is 19.6. The first-order chi connectivity index (χ1) is 13.6. The standard InChI is InChI=1S/C21H29ClN4OS/c1-25-9-5-21(6-10-25)7-11-26(12-8-21)16-3-4-18(19(13-16)27-2)23-14-17-15-24-20(22)28-17/h3-4,13,15,23H,5-12,14H2,1-2H3. The van der Waals surface area contributed by atoms with Crippen LogP contribution in [0.25, 0.3) is 0 Å². The van der Waals surface area contributed by atoms with Crippen LogP contribution >= 0.6 is 22.9 Å². The smallest absolute Gasteiger partial charge is 0.183 e. The summed E-state index contributed by atoms with van der Waals surface area (Å²) in [5.74, 6) is 0.882. The van der Waals surface area contributed by atoms with Gasteiger partial charge in [-0.3, -0.25) is 0 Å². The summed E-state index contributed by atoms with van der Waals surface area (Å²) in [6.07, 6.45) is 7.12. The van der Waals surface area contributed by atoms with Gasteiger partial charge < -0.3 is 19.9 Å². The number of aromatic nitrogens is 1. The zero-order valence-electron chi connectivity index (χ0n) is 16.7. The van der Waals surface area contributed by atoms with Gasteiger partial charge in [-0.25, -0.2) is 4.98 Å². The lowest BCUT2D eigenvalue weighted by atomic mass is 9.71. The van der Waals surface area contributed by atoms with Crippen molar-refractivity contribution in [2.75, 3.05) is 50.6 Å². The average Bonchev–Trinajstić information content (AvgIpc) is 3.14. The highest BCUT2D eigenvalue weighted by molar-refractivity contribution is 7.15. The molecule has 7 heteroatoms. The third kappa shape index (κ3) is 4.39. The third-order valence-electron chi connectivity index (χ3n) is 6.40. The van der Waals surface area contributed by atoms with E-state index in [9.17, 15) is 0 Å². The van der Waals surface area contributed by atoms with E-state index < -0.39 is 0 Å². The summed E-state index contributed by atoms with van der Waals surface area (Å²) < 4.78 is 6.23. The molecule has 0 amide bonds. The molecule has 0 atom stereocenters. The van der Waals surface area contributed by atoms with E-state index in [4.69, 9.17) is 16.3 Å². The van der Waals surface area contributed by atoms with Crippen LogP contribution < -0.4 is 15.0 Å². The molecule has 4 rings (SSSR count). The quantitative estimate of drug-likeness (QED) is 0.757.